The molecular formula is C13H23N3O4S. The fourth-order valence-corrected chi connectivity index (χ4v) is 3.25. The Balaban J connectivity index is 2.42. The molecule has 5 N–H and O–H groups in total. The average Bonchev–Trinajstić information content (AvgIpc) is 2.43. The summed E-state index contributed by atoms with van der Waals surface area (Å²) < 4.78 is 0. The highest BCUT2D eigenvalue weighted by Crippen LogP contribution is 2.26. The normalized spacial score (nSPS) is 23.1. The summed E-state index contributed by atoms with van der Waals surface area (Å²) in [5, 5.41) is 14.8. The molecule has 0 aromatic carbocycles. The van der Waals surface area contributed by atoms with Crippen molar-refractivity contribution >= 4 is 29.7 Å². The lowest BCUT2D eigenvalue weighted by atomic mass is 9.95. The van der Waals surface area contributed by atoms with E-state index in [1.807, 2.05) is 0 Å². The molecule has 3 atom stereocenters. The average molecular weight is 317 g/mol. The zero-order valence-electron chi connectivity index (χ0n) is 12.1. The Kier molecular flexibility index (Phi) is 7.35. The minimum absolute atomic E-state index is 0.00378. The number of carboxylic acid groups (broad SMARTS) is 1. The van der Waals surface area contributed by atoms with Crippen molar-refractivity contribution in [2.75, 3.05) is 6.26 Å². The monoisotopic (exact) mass is 317 g/mol. The van der Waals surface area contributed by atoms with Gasteiger partial charge in [-0.15, -0.1) is 0 Å². The fourth-order valence-electron chi connectivity index (χ4n) is 2.42. The Labute approximate surface area is 128 Å². The molecule has 1 saturated carbocycles. The predicted octanol–water partition coefficient (Wildman–Crippen LogP) is 0.679. The second kappa shape index (κ2) is 8.76. The van der Waals surface area contributed by atoms with Crippen molar-refractivity contribution < 1.29 is 19.5 Å². The number of nitrogens with one attached hydrogen (secondary N) is 2. The van der Waals surface area contributed by atoms with Crippen molar-refractivity contribution in [2.24, 2.45) is 5.73 Å². The van der Waals surface area contributed by atoms with Gasteiger partial charge in [-0.1, -0.05) is 6.42 Å². The summed E-state index contributed by atoms with van der Waals surface area (Å²) in [5.74, 6) is -1.75. The minimum atomic E-state index is -1.17. The Morgan fingerprint density at radius 2 is 2.10 bits per heavy atom. The lowest BCUT2D eigenvalue weighted by Gasteiger charge is -2.29. The molecule has 0 aliphatic heterocycles. The number of urea groups is 1. The molecule has 0 spiro atoms. The largest absolute Gasteiger partial charge is 0.480 e. The smallest absolute Gasteiger partial charge is 0.326 e. The third-order valence-electron chi connectivity index (χ3n) is 3.58. The quantitative estimate of drug-likeness (QED) is 0.550. The molecule has 1 aliphatic rings. The van der Waals surface area contributed by atoms with Crippen molar-refractivity contribution in [3.05, 3.63) is 0 Å². The first-order valence-corrected chi connectivity index (χ1v) is 8.32. The number of nitrogens with two attached hydrogens (primary N) is 1. The van der Waals surface area contributed by atoms with E-state index in [1.165, 1.54) is 0 Å². The van der Waals surface area contributed by atoms with Crippen LogP contribution in [0.25, 0.3) is 0 Å². The molecule has 21 heavy (non-hydrogen) atoms. The molecule has 3 amide bonds. The van der Waals surface area contributed by atoms with Crippen molar-refractivity contribution in [3.8, 4) is 0 Å². The first-order chi connectivity index (χ1) is 9.92. The van der Waals surface area contributed by atoms with Gasteiger partial charge in [0.05, 0.1) is 0 Å². The summed E-state index contributed by atoms with van der Waals surface area (Å²) in [4.78, 5) is 33.6. The Morgan fingerprint density at radius 1 is 1.38 bits per heavy atom. The van der Waals surface area contributed by atoms with Crippen molar-refractivity contribution in [2.45, 2.75) is 55.9 Å². The van der Waals surface area contributed by atoms with Gasteiger partial charge in [0.15, 0.2) is 0 Å². The molecular weight excluding hydrogens is 294 g/mol. The standard InChI is InChI=1S/C13H23N3O4S/c1-21-9-4-2-3-8(7-9)15-13(20)16-10(12(18)19)5-6-11(14)17/h8-10H,2-7H2,1H3,(H2,14,17)(H,18,19)(H2,15,16,20). The van der Waals surface area contributed by atoms with Gasteiger partial charge < -0.3 is 21.5 Å². The van der Waals surface area contributed by atoms with Crippen LogP contribution in [0.4, 0.5) is 4.79 Å². The molecule has 0 aromatic heterocycles. The van der Waals surface area contributed by atoms with E-state index in [2.05, 4.69) is 16.9 Å². The summed E-state index contributed by atoms with van der Waals surface area (Å²) in [6.45, 7) is 0. The van der Waals surface area contributed by atoms with Crippen LogP contribution in [0.3, 0.4) is 0 Å². The highest BCUT2D eigenvalue weighted by molar-refractivity contribution is 7.99. The number of amides is 3. The first-order valence-electron chi connectivity index (χ1n) is 7.03. The number of thioether (sulfide) groups is 1. The van der Waals surface area contributed by atoms with Gasteiger partial charge in [0.1, 0.15) is 6.04 Å². The number of hydrogen-bond donors (Lipinski definition) is 4. The van der Waals surface area contributed by atoms with Gasteiger partial charge in [-0.3, -0.25) is 4.79 Å². The fraction of sp³-hybridized carbons (Fsp3) is 0.769. The second-order valence-corrected chi connectivity index (χ2v) is 6.37. The number of rotatable bonds is 7. The molecule has 0 radical (unpaired) electrons. The SMILES string of the molecule is CSC1CCCC(NC(=O)NC(CCC(N)=O)C(=O)O)C1. The van der Waals surface area contributed by atoms with Gasteiger partial charge in [0.25, 0.3) is 0 Å². The van der Waals surface area contributed by atoms with Crippen LogP contribution in [0.1, 0.15) is 38.5 Å². The van der Waals surface area contributed by atoms with Crippen LogP contribution in [0.15, 0.2) is 0 Å². The number of primary amides is 1. The Morgan fingerprint density at radius 3 is 2.67 bits per heavy atom. The third-order valence-corrected chi connectivity index (χ3v) is 4.67. The molecule has 8 heteroatoms. The summed E-state index contributed by atoms with van der Waals surface area (Å²) in [6.07, 6.45) is 5.98. The highest BCUT2D eigenvalue weighted by Gasteiger charge is 2.25. The van der Waals surface area contributed by atoms with Crippen molar-refractivity contribution in [1.82, 2.24) is 10.6 Å². The molecule has 1 aliphatic carbocycles. The first kappa shape index (κ1) is 17.6. The van der Waals surface area contributed by atoms with Crippen LogP contribution in [0, 0.1) is 0 Å². The van der Waals surface area contributed by atoms with Crippen LogP contribution in [0.5, 0.6) is 0 Å². The zero-order valence-corrected chi connectivity index (χ0v) is 12.9. The van der Waals surface area contributed by atoms with E-state index in [4.69, 9.17) is 10.8 Å². The van der Waals surface area contributed by atoms with Crippen molar-refractivity contribution in [3.63, 3.8) is 0 Å². The van der Waals surface area contributed by atoms with E-state index < -0.39 is 23.9 Å². The van der Waals surface area contributed by atoms with Gasteiger partial charge in [0, 0.05) is 17.7 Å². The third kappa shape index (κ3) is 6.70. The molecule has 120 valence electrons. The lowest BCUT2D eigenvalue weighted by Crippen LogP contribution is -2.50. The number of aliphatic carboxylic acids is 1. The van der Waals surface area contributed by atoms with Gasteiger partial charge >= 0.3 is 12.0 Å². The van der Waals surface area contributed by atoms with E-state index in [1.54, 1.807) is 11.8 Å². The maximum atomic E-state index is 11.9. The summed E-state index contributed by atoms with van der Waals surface area (Å²) in [6, 6.07) is -1.53. The molecule has 0 bridgehead atoms. The van der Waals surface area contributed by atoms with E-state index in [9.17, 15) is 14.4 Å². The highest BCUT2D eigenvalue weighted by atomic mass is 32.2. The second-order valence-electron chi connectivity index (χ2n) is 5.23. The van der Waals surface area contributed by atoms with Gasteiger partial charge in [-0.05, 0) is 31.9 Å². The summed E-state index contributed by atoms with van der Waals surface area (Å²) >= 11 is 1.79. The van der Waals surface area contributed by atoms with Gasteiger partial charge in [0.2, 0.25) is 5.91 Å². The maximum absolute atomic E-state index is 11.9. The van der Waals surface area contributed by atoms with E-state index in [0.717, 1.165) is 25.7 Å². The Bertz CT molecular complexity index is 392. The van der Waals surface area contributed by atoms with Crippen LogP contribution < -0.4 is 16.4 Å². The topological polar surface area (TPSA) is 122 Å². The minimum Gasteiger partial charge on any atom is -0.480 e. The molecule has 0 saturated heterocycles. The molecule has 0 heterocycles. The Hall–Kier alpha value is -1.44. The number of carboxylic acids is 1. The number of carbonyl (C=O) groups excluding carboxylic acids is 2. The summed E-state index contributed by atoms with van der Waals surface area (Å²) in [7, 11) is 0. The predicted molar refractivity (Wildman–Crippen MR) is 81.1 cm³/mol. The molecule has 7 nitrogen and oxygen atoms in total. The molecule has 1 rings (SSSR count). The van der Waals surface area contributed by atoms with E-state index in [-0.39, 0.29) is 18.9 Å². The van der Waals surface area contributed by atoms with Crippen LogP contribution >= 0.6 is 11.8 Å². The molecule has 1 fully saturated rings. The van der Waals surface area contributed by atoms with Crippen LogP contribution in [-0.4, -0.2) is 46.6 Å². The summed E-state index contributed by atoms with van der Waals surface area (Å²) in [5.41, 5.74) is 4.99. The maximum Gasteiger partial charge on any atom is 0.326 e. The van der Waals surface area contributed by atoms with Crippen LogP contribution in [-0.2, 0) is 9.59 Å². The number of hydrogen-bond acceptors (Lipinski definition) is 4. The van der Waals surface area contributed by atoms with E-state index in [0.29, 0.717) is 5.25 Å². The zero-order chi connectivity index (χ0) is 15.8. The lowest BCUT2D eigenvalue weighted by molar-refractivity contribution is -0.139. The van der Waals surface area contributed by atoms with Gasteiger partial charge in [-0.25, -0.2) is 9.59 Å². The number of carbonyl (C=O) groups is 3. The van der Waals surface area contributed by atoms with E-state index >= 15 is 0 Å². The van der Waals surface area contributed by atoms with Crippen molar-refractivity contribution in [1.29, 1.82) is 0 Å². The molecule has 3 unspecified atom stereocenters. The van der Waals surface area contributed by atoms with Gasteiger partial charge in [-0.2, -0.15) is 11.8 Å². The molecule has 0 aromatic rings. The van der Waals surface area contributed by atoms with Crippen LogP contribution in [0.2, 0.25) is 0 Å².